The average molecular weight is 293 g/mol. The first-order valence-corrected chi connectivity index (χ1v) is 6.07. The minimum atomic E-state index is 0.268. The van der Waals surface area contributed by atoms with Crippen molar-refractivity contribution in [2.45, 2.75) is 20.0 Å². The van der Waals surface area contributed by atoms with Gasteiger partial charge in [-0.05, 0) is 32.0 Å². The first-order valence-electron chi connectivity index (χ1n) is 4.90. The molecule has 2 nitrogen and oxygen atoms in total. The van der Waals surface area contributed by atoms with Crippen LogP contribution in [0.15, 0.2) is 22.7 Å². The van der Waals surface area contributed by atoms with Gasteiger partial charge in [-0.3, -0.25) is 0 Å². The maximum atomic E-state index is 6.01. The molecule has 1 aromatic rings. The van der Waals surface area contributed by atoms with E-state index in [0.717, 1.165) is 21.7 Å². The Morgan fingerprint density at radius 3 is 2.87 bits per heavy atom. The molecule has 0 aliphatic rings. The highest BCUT2D eigenvalue weighted by atomic mass is 79.9. The van der Waals surface area contributed by atoms with Crippen LogP contribution >= 0.6 is 27.5 Å². The molecule has 1 rings (SSSR count). The number of hydrogen-bond donors (Lipinski definition) is 1. The van der Waals surface area contributed by atoms with E-state index in [2.05, 4.69) is 21.2 Å². The summed E-state index contributed by atoms with van der Waals surface area (Å²) in [6.07, 6.45) is 0.268. The normalized spacial score (nSPS) is 10.7. The van der Waals surface area contributed by atoms with Crippen molar-refractivity contribution in [1.82, 2.24) is 0 Å². The van der Waals surface area contributed by atoms with Gasteiger partial charge < -0.3 is 10.1 Å². The number of anilines is 1. The van der Waals surface area contributed by atoms with Gasteiger partial charge in [-0.2, -0.15) is 0 Å². The van der Waals surface area contributed by atoms with E-state index in [-0.39, 0.29) is 6.10 Å². The number of ether oxygens (including phenoxy) is 1. The molecule has 4 heteroatoms. The van der Waals surface area contributed by atoms with E-state index in [4.69, 9.17) is 16.3 Å². The fraction of sp³-hybridized carbons (Fsp3) is 0.455. The predicted octanol–water partition coefficient (Wildman–Crippen LogP) is 3.94. The largest absolute Gasteiger partial charge is 0.381 e. The van der Waals surface area contributed by atoms with Crippen molar-refractivity contribution >= 4 is 33.2 Å². The zero-order valence-electron chi connectivity index (χ0n) is 8.89. The lowest BCUT2D eigenvalue weighted by Gasteiger charge is -2.10. The molecule has 0 saturated carbocycles. The molecule has 15 heavy (non-hydrogen) atoms. The molecule has 0 aromatic heterocycles. The van der Waals surface area contributed by atoms with Gasteiger partial charge in [0, 0.05) is 11.0 Å². The third-order valence-electron chi connectivity index (χ3n) is 1.80. The van der Waals surface area contributed by atoms with E-state index in [9.17, 15) is 0 Å². The smallest absolute Gasteiger partial charge is 0.0642 e. The summed E-state index contributed by atoms with van der Waals surface area (Å²) in [7, 11) is 0. The van der Waals surface area contributed by atoms with Gasteiger partial charge in [0.25, 0.3) is 0 Å². The van der Waals surface area contributed by atoms with Crippen LogP contribution in [0.2, 0.25) is 5.02 Å². The Morgan fingerprint density at radius 2 is 2.20 bits per heavy atom. The van der Waals surface area contributed by atoms with Gasteiger partial charge in [0.2, 0.25) is 0 Å². The van der Waals surface area contributed by atoms with Crippen LogP contribution in [0.1, 0.15) is 13.8 Å². The first-order chi connectivity index (χ1) is 7.09. The van der Waals surface area contributed by atoms with E-state index in [0.29, 0.717) is 6.61 Å². The number of nitrogens with one attached hydrogen (secondary N) is 1. The summed E-state index contributed by atoms with van der Waals surface area (Å²) in [5, 5.41) is 3.95. The maximum Gasteiger partial charge on any atom is 0.0642 e. The topological polar surface area (TPSA) is 21.3 Å². The van der Waals surface area contributed by atoms with Crippen LogP contribution < -0.4 is 5.32 Å². The quantitative estimate of drug-likeness (QED) is 0.830. The van der Waals surface area contributed by atoms with Crippen LogP contribution in [-0.2, 0) is 4.74 Å². The van der Waals surface area contributed by atoms with Crippen molar-refractivity contribution in [3.05, 3.63) is 27.7 Å². The molecule has 0 fully saturated rings. The van der Waals surface area contributed by atoms with Gasteiger partial charge in [0.15, 0.2) is 0 Å². The van der Waals surface area contributed by atoms with E-state index in [1.807, 2.05) is 32.0 Å². The lowest BCUT2D eigenvalue weighted by atomic mass is 10.3. The van der Waals surface area contributed by atoms with Crippen LogP contribution in [-0.4, -0.2) is 19.3 Å². The highest BCUT2D eigenvalue weighted by molar-refractivity contribution is 9.10. The minimum Gasteiger partial charge on any atom is -0.381 e. The molecule has 84 valence electrons. The Morgan fingerprint density at radius 1 is 1.47 bits per heavy atom. The molecule has 0 aliphatic heterocycles. The zero-order chi connectivity index (χ0) is 11.3. The molecule has 0 atom stereocenters. The van der Waals surface area contributed by atoms with Crippen molar-refractivity contribution in [2.24, 2.45) is 0 Å². The second-order valence-corrected chi connectivity index (χ2v) is 4.79. The number of halogens is 2. The molecule has 1 N–H and O–H groups in total. The maximum absolute atomic E-state index is 6.01. The standard InChI is InChI=1S/C11H15BrClNO/c1-8(2)15-6-5-14-11-7-9(12)3-4-10(11)13/h3-4,7-8,14H,5-6H2,1-2H3. The molecule has 0 saturated heterocycles. The van der Waals surface area contributed by atoms with E-state index in [1.165, 1.54) is 0 Å². The lowest BCUT2D eigenvalue weighted by Crippen LogP contribution is -2.13. The van der Waals surface area contributed by atoms with E-state index in [1.54, 1.807) is 0 Å². The number of benzene rings is 1. The number of hydrogen-bond acceptors (Lipinski definition) is 2. The molecule has 1 aromatic carbocycles. The Kier molecular flexibility index (Phi) is 5.43. The Hall–Kier alpha value is -0.250. The van der Waals surface area contributed by atoms with E-state index >= 15 is 0 Å². The summed E-state index contributed by atoms with van der Waals surface area (Å²) in [4.78, 5) is 0. The van der Waals surface area contributed by atoms with Gasteiger partial charge in [-0.15, -0.1) is 0 Å². The van der Waals surface area contributed by atoms with Crippen molar-refractivity contribution in [3.63, 3.8) is 0 Å². The van der Waals surface area contributed by atoms with Crippen LogP contribution in [0.3, 0.4) is 0 Å². The summed E-state index contributed by atoms with van der Waals surface area (Å²) >= 11 is 9.41. The van der Waals surface area contributed by atoms with Gasteiger partial charge in [0.1, 0.15) is 0 Å². The van der Waals surface area contributed by atoms with Crippen molar-refractivity contribution in [3.8, 4) is 0 Å². The second-order valence-electron chi connectivity index (χ2n) is 3.47. The van der Waals surface area contributed by atoms with Gasteiger partial charge in [-0.25, -0.2) is 0 Å². The Bertz CT molecular complexity index is 317. The summed E-state index contributed by atoms with van der Waals surface area (Å²) in [5.74, 6) is 0. The summed E-state index contributed by atoms with van der Waals surface area (Å²) in [6, 6.07) is 5.73. The molecule has 0 bridgehead atoms. The predicted molar refractivity (Wildman–Crippen MR) is 68.7 cm³/mol. The summed E-state index contributed by atoms with van der Waals surface area (Å²) in [5.41, 5.74) is 0.929. The Labute approximate surface area is 104 Å². The Balaban J connectivity index is 2.40. The van der Waals surface area contributed by atoms with Gasteiger partial charge >= 0.3 is 0 Å². The average Bonchev–Trinajstić information content (AvgIpc) is 2.17. The van der Waals surface area contributed by atoms with E-state index < -0.39 is 0 Å². The summed E-state index contributed by atoms with van der Waals surface area (Å²) in [6.45, 7) is 5.48. The molecule has 0 aliphatic carbocycles. The summed E-state index contributed by atoms with van der Waals surface area (Å²) < 4.78 is 6.43. The highest BCUT2D eigenvalue weighted by Crippen LogP contribution is 2.25. The monoisotopic (exact) mass is 291 g/mol. The molecule has 0 unspecified atom stereocenters. The minimum absolute atomic E-state index is 0.268. The third-order valence-corrected chi connectivity index (χ3v) is 2.62. The fourth-order valence-electron chi connectivity index (χ4n) is 1.11. The van der Waals surface area contributed by atoms with Crippen molar-refractivity contribution in [2.75, 3.05) is 18.5 Å². The highest BCUT2D eigenvalue weighted by Gasteiger charge is 2.00. The molecular formula is C11H15BrClNO. The molecule has 0 heterocycles. The van der Waals surface area contributed by atoms with Crippen LogP contribution in [0.25, 0.3) is 0 Å². The molecular weight excluding hydrogens is 277 g/mol. The van der Waals surface area contributed by atoms with Crippen LogP contribution in [0.5, 0.6) is 0 Å². The van der Waals surface area contributed by atoms with Crippen molar-refractivity contribution in [1.29, 1.82) is 0 Å². The first kappa shape index (κ1) is 12.8. The third kappa shape index (κ3) is 4.87. The van der Waals surface area contributed by atoms with Crippen LogP contribution in [0.4, 0.5) is 5.69 Å². The van der Waals surface area contributed by atoms with Gasteiger partial charge in [-0.1, -0.05) is 27.5 Å². The van der Waals surface area contributed by atoms with Crippen LogP contribution in [0, 0.1) is 0 Å². The van der Waals surface area contributed by atoms with Gasteiger partial charge in [0.05, 0.1) is 23.4 Å². The lowest BCUT2D eigenvalue weighted by molar-refractivity contribution is 0.0870. The molecule has 0 radical (unpaired) electrons. The SMILES string of the molecule is CC(C)OCCNc1cc(Br)ccc1Cl. The molecule has 0 spiro atoms. The zero-order valence-corrected chi connectivity index (χ0v) is 11.2. The number of rotatable bonds is 5. The fourth-order valence-corrected chi connectivity index (χ4v) is 1.66. The van der Waals surface area contributed by atoms with Crippen molar-refractivity contribution < 1.29 is 4.74 Å². The molecule has 0 amide bonds. The second kappa shape index (κ2) is 6.36.